The highest BCUT2D eigenvalue weighted by atomic mass is 19.4. The van der Waals surface area contributed by atoms with Gasteiger partial charge in [-0.15, -0.1) is 0 Å². The summed E-state index contributed by atoms with van der Waals surface area (Å²) < 4.78 is 72.3. The van der Waals surface area contributed by atoms with Gasteiger partial charge in [-0.1, -0.05) is 12.1 Å². The zero-order valence-corrected chi connectivity index (χ0v) is 20.6. The second kappa shape index (κ2) is 9.83. The van der Waals surface area contributed by atoms with E-state index < -0.39 is 40.8 Å². The smallest absolute Gasteiger partial charge is 0.417 e. The zero-order chi connectivity index (χ0) is 27.9. The molecule has 2 fully saturated rings. The maximum absolute atomic E-state index is 14.0. The molecule has 0 atom stereocenters. The van der Waals surface area contributed by atoms with Crippen LogP contribution < -0.4 is 15.5 Å². The number of hydrogen-bond acceptors (Lipinski definition) is 6. The molecule has 1 saturated carbocycles. The summed E-state index contributed by atoms with van der Waals surface area (Å²) in [4.78, 5) is 30.7. The molecular formula is C27H23F5N4O3. The van der Waals surface area contributed by atoms with Crippen molar-refractivity contribution in [2.75, 3.05) is 30.4 Å². The number of rotatable bonds is 7. The van der Waals surface area contributed by atoms with E-state index in [9.17, 15) is 31.5 Å². The number of benzene rings is 2. The predicted molar refractivity (Wildman–Crippen MR) is 131 cm³/mol. The van der Waals surface area contributed by atoms with Crippen molar-refractivity contribution in [1.82, 2.24) is 10.3 Å². The molecule has 1 aliphatic carbocycles. The lowest BCUT2D eigenvalue weighted by molar-refractivity contribution is -0.137. The minimum atomic E-state index is -4.71. The standard InChI is InChI=1S/C27H23F5N4O3/c1-39-25(38)15-2-4-16(5-3-15)26(8-9-26)35-24(37)20-10-17(27(30,31)32)12-33-23(20)36-13-19(14-36)34-22-7-6-18(28)11-21(22)29/h2-7,10-12,19,34H,8-9,13-14H2,1H3,(H,35,37). The van der Waals surface area contributed by atoms with Crippen LogP contribution in [0.1, 0.15) is 44.7 Å². The summed E-state index contributed by atoms with van der Waals surface area (Å²) in [6.45, 7) is 0.463. The first kappa shape index (κ1) is 26.4. The molecule has 1 saturated heterocycles. The molecule has 2 N–H and O–H groups in total. The van der Waals surface area contributed by atoms with Crippen LogP contribution in [0.5, 0.6) is 0 Å². The molecule has 7 nitrogen and oxygen atoms in total. The highest BCUT2D eigenvalue weighted by molar-refractivity contribution is 6.00. The lowest BCUT2D eigenvalue weighted by Gasteiger charge is -2.41. The molecule has 1 aromatic heterocycles. The van der Waals surface area contributed by atoms with Gasteiger partial charge in [-0.25, -0.2) is 18.6 Å². The number of carbonyl (C=O) groups is 2. The van der Waals surface area contributed by atoms with Crippen LogP contribution in [0.4, 0.5) is 33.5 Å². The van der Waals surface area contributed by atoms with Gasteiger partial charge in [-0.3, -0.25) is 4.79 Å². The van der Waals surface area contributed by atoms with E-state index >= 15 is 0 Å². The number of esters is 1. The van der Waals surface area contributed by atoms with Gasteiger partial charge >= 0.3 is 12.1 Å². The van der Waals surface area contributed by atoms with Crippen molar-refractivity contribution in [2.24, 2.45) is 0 Å². The summed E-state index contributed by atoms with van der Waals surface area (Å²) in [6.07, 6.45) is -2.90. The fraction of sp³-hybridized carbons (Fsp3) is 0.296. The van der Waals surface area contributed by atoms with Gasteiger partial charge in [0.25, 0.3) is 5.91 Å². The van der Waals surface area contributed by atoms with Gasteiger partial charge in [-0.2, -0.15) is 13.2 Å². The number of pyridine rings is 1. The highest BCUT2D eigenvalue weighted by Gasteiger charge is 2.46. The van der Waals surface area contributed by atoms with E-state index in [2.05, 4.69) is 15.6 Å². The van der Waals surface area contributed by atoms with Crippen LogP contribution >= 0.6 is 0 Å². The van der Waals surface area contributed by atoms with Crippen LogP contribution in [0.2, 0.25) is 0 Å². The maximum Gasteiger partial charge on any atom is 0.417 e. The normalized spacial score (nSPS) is 16.3. The molecule has 0 radical (unpaired) electrons. The fourth-order valence-corrected chi connectivity index (χ4v) is 4.54. The van der Waals surface area contributed by atoms with Gasteiger partial charge in [-0.05, 0) is 48.7 Å². The largest absolute Gasteiger partial charge is 0.465 e. The molecule has 1 aliphatic heterocycles. The third-order valence-electron chi connectivity index (χ3n) is 6.87. The second-order valence-electron chi connectivity index (χ2n) is 9.57. The molecule has 2 aliphatic rings. The second-order valence-corrected chi connectivity index (χ2v) is 9.57. The Morgan fingerprint density at radius 2 is 1.74 bits per heavy atom. The molecule has 0 unspecified atom stereocenters. The van der Waals surface area contributed by atoms with Gasteiger partial charge in [0.05, 0.1) is 41.1 Å². The van der Waals surface area contributed by atoms with Crippen molar-refractivity contribution < 1.29 is 36.3 Å². The van der Waals surface area contributed by atoms with Crippen LogP contribution in [0.3, 0.4) is 0 Å². The Kier molecular flexibility index (Phi) is 6.65. The number of alkyl halides is 3. The SMILES string of the molecule is COC(=O)c1ccc(C2(NC(=O)c3cc(C(F)(F)F)cnc3N3CC(Nc4ccc(F)cc4F)C3)CC2)cc1. The van der Waals surface area contributed by atoms with Crippen LogP contribution in [0, 0.1) is 11.6 Å². The molecule has 204 valence electrons. The average Bonchev–Trinajstić information content (AvgIpc) is 3.66. The van der Waals surface area contributed by atoms with E-state index in [4.69, 9.17) is 4.74 Å². The lowest BCUT2D eigenvalue weighted by Crippen LogP contribution is -2.56. The fourth-order valence-electron chi connectivity index (χ4n) is 4.54. The third kappa shape index (κ3) is 5.36. The summed E-state index contributed by atoms with van der Waals surface area (Å²) in [5, 5.41) is 5.78. The number of amides is 1. The Labute approximate surface area is 220 Å². The van der Waals surface area contributed by atoms with E-state index in [-0.39, 0.29) is 36.2 Å². The number of aromatic nitrogens is 1. The van der Waals surface area contributed by atoms with Gasteiger partial charge in [0.1, 0.15) is 17.5 Å². The van der Waals surface area contributed by atoms with Crippen LogP contribution in [-0.2, 0) is 16.5 Å². The van der Waals surface area contributed by atoms with Crippen LogP contribution in [0.25, 0.3) is 0 Å². The van der Waals surface area contributed by atoms with Crippen molar-refractivity contribution in [3.63, 3.8) is 0 Å². The molecule has 12 heteroatoms. The Hall–Kier alpha value is -4.22. The molecule has 0 bridgehead atoms. The molecule has 39 heavy (non-hydrogen) atoms. The summed E-state index contributed by atoms with van der Waals surface area (Å²) in [5.74, 6) is -2.66. The highest BCUT2D eigenvalue weighted by Crippen LogP contribution is 2.46. The number of hydrogen-bond donors (Lipinski definition) is 2. The first-order valence-electron chi connectivity index (χ1n) is 12.0. The van der Waals surface area contributed by atoms with E-state index in [1.54, 1.807) is 29.2 Å². The number of methoxy groups -OCH3 is 1. The number of nitrogens with one attached hydrogen (secondary N) is 2. The van der Waals surface area contributed by atoms with E-state index in [1.807, 2.05) is 0 Å². The third-order valence-corrected chi connectivity index (χ3v) is 6.87. The topological polar surface area (TPSA) is 83.6 Å². The van der Waals surface area contributed by atoms with Crippen LogP contribution in [0.15, 0.2) is 54.7 Å². The number of ether oxygens (including phenoxy) is 1. The van der Waals surface area contributed by atoms with Gasteiger partial charge in [0.2, 0.25) is 0 Å². The maximum atomic E-state index is 14.0. The number of halogens is 5. The van der Waals surface area contributed by atoms with Crippen LogP contribution in [-0.4, -0.2) is 43.1 Å². The quantitative estimate of drug-likeness (QED) is 0.325. The molecule has 3 aromatic rings. The van der Waals surface area contributed by atoms with E-state index in [1.165, 1.54) is 13.2 Å². The van der Waals surface area contributed by atoms with Gasteiger partial charge in [0, 0.05) is 25.4 Å². The Morgan fingerprint density at radius 3 is 2.33 bits per heavy atom. The number of carbonyl (C=O) groups excluding carboxylic acids is 2. The summed E-state index contributed by atoms with van der Waals surface area (Å²) in [5.41, 5.74) is -0.959. The molecule has 5 rings (SSSR count). The predicted octanol–water partition coefficient (Wildman–Crippen LogP) is 4.89. The van der Waals surface area contributed by atoms with Gasteiger partial charge < -0.3 is 20.3 Å². The lowest BCUT2D eigenvalue weighted by atomic mass is 10.0. The van der Waals surface area contributed by atoms with Crippen molar-refractivity contribution in [2.45, 2.75) is 30.6 Å². The van der Waals surface area contributed by atoms with E-state index in [0.717, 1.165) is 18.2 Å². The Bertz CT molecular complexity index is 1420. The zero-order valence-electron chi connectivity index (χ0n) is 20.6. The number of anilines is 2. The van der Waals surface area contributed by atoms with Crippen molar-refractivity contribution >= 4 is 23.4 Å². The number of nitrogens with zero attached hydrogens (tertiary/aromatic N) is 2. The molecular weight excluding hydrogens is 523 g/mol. The first-order chi connectivity index (χ1) is 18.5. The molecule has 2 aromatic carbocycles. The molecule has 1 amide bonds. The molecule has 2 heterocycles. The minimum absolute atomic E-state index is 0.0648. The van der Waals surface area contributed by atoms with E-state index in [0.29, 0.717) is 30.2 Å². The summed E-state index contributed by atoms with van der Waals surface area (Å²) in [7, 11) is 1.26. The molecule has 0 spiro atoms. The Balaban J connectivity index is 1.35. The summed E-state index contributed by atoms with van der Waals surface area (Å²) in [6, 6.07) is 10.0. The van der Waals surface area contributed by atoms with Crippen molar-refractivity contribution in [1.29, 1.82) is 0 Å². The minimum Gasteiger partial charge on any atom is -0.465 e. The first-order valence-corrected chi connectivity index (χ1v) is 12.0. The summed E-state index contributed by atoms with van der Waals surface area (Å²) >= 11 is 0. The Morgan fingerprint density at radius 1 is 1.05 bits per heavy atom. The average molecular weight is 546 g/mol. The van der Waals surface area contributed by atoms with Crippen molar-refractivity contribution in [3.05, 3.63) is 88.6 Å². The van der Waals surface area contributed by atoms with Crippen molar-refractivity contribution in [3.8, 4) is 0 Å². The van der Waals surface area contributed by atoms with Gasteiger partial charge in [0.15, 0.2) is 0 Å². The monoisotopic (exact) mass is 546 g/mol.